The maximum atomic E-state index is 5.78. The van der Waals surface area contributed by atoms with Crippen LogP contribution in [0.3, 0.4) is 0 Å². The van der Waals surface area contributed by atoms with E-state index in [4.69, 9.17) is 14.2 Å². The lowest BCUT2D eigenvalue weighted by Crippen LogP contribution is -2.16. The maximum Gasteiger partial charge on any atom is 0.119 e. The smallest absolute Gasteiger partial charge is 0.119 e. The van der Waals surface area contributed by atoms with E-state index in [2.05, 4.69) is 29.6 Å². The lowest BCUT2D eigenvalue weighted by Gasteiger charge is -2.12. The molecule has 1 N–H and O–H groups in total. The van der Waals surface area contributed by atoms with Gasteiger partial charge in [-0.1, -0.05) is 24.3 Å². The molecule has 0 aromatic heterocycles. The monoisotopic (exact) mass is 327 g/mol. The SMILES string of the molecule is COc1ccc(CNCc2ccc(OCC3CCCO3)cc2)cc1. The zero-order valence-electron chi connectivity index (χ0n) is 14.2. The number of ether oxygens (including phenoxy) is 3. The Kier molecular flexibility index (Phi) is 6.10. The van der Waals surface area contributed by atoms with E-state index in [-0.39, 0.29) is 6.10 Å². The molecule has 1 aliphatic rings. The highest BCUT2D eigenvalue weighted by Gasteiger charge is 2.15. The van der Waals surface area contributed by atoms with Gasteiger partial charge in [0, 0.05) is 19.7 Å². The molecule has 0 saturated carbocycles. The Labute approximate surface area is 143 Å². The van der Waals surface area contributed by atoms with Crippen LogP contribution in [0.4, 0.5) is 0 Å². The van der Waals surface area contributed by atoms with E-state index in [0.29, 0.717) is 6.61 Å². The summed E-state index contributed by atoms with van der Waals surface area (Å²) in [6.07, 6.45) is 2.51. The average Bonchev–Trinajstić information content (AvgIpc) is 3.15. The second kappa shape index (κ2) is 8.71. The predicted octanol–water partition coefficient (Wildman–Crippen LogP) is 3.54. The molecule has 0 spiro atoms. The van der Waals surface area contributed by atoms with Gasteiger partial charge in [0.1, 0.15) is 18.1 Å². The molecule has 2 aromatic carbocycles. The highest BCUT2D eigenvalue weighted by atomic mass is 16.5. The molecule has 1 atom stereocenters. The van der Waals surface area contributed by atoms with Gasteiger partial charge in [0.25, 0.3) is 0 Å². The molecule has 1 heterocycles. The summed E-state index contributed by atoms with van der Waals surface area (Å²) in [6.45, 7) is 3.18. The number of hydrogen-bond donors (Lipinski definition) is 1. The summed E-state index contributed by atoms with van der Waals surface area (Å²) in [7, 11) is 1.68. The third kappa shape index (κ3) is 4.98. The van der Waals surface area contributed by atoms with Gasteiger partial charge in [-0.15, -0.1) is 0 Å². The van der Waals surface area contributed by atoms with Crippen molar-refractivity contribution in [2.45, 2.75) is 32.0 Å². The molecule has 0 aliphatic carbocycles. The van der Waals surface area contributed by atoms with Crippen LogP contribution in [0.2, 0.25) is 0 Å². The third-order valence-corrected chi connectivity index (χ3v) is 4.20. The van der Waals surface area contributed by atoms with Crippen molar-refractivity contribution >= 4 is 0 Å². The first-order valence-corrected chi connectivity index (χ1v) is 8.50. The Morgan fingerprint density at radius 2 is 1.58 bits per heavy atom. The van der Waals surface area contributed by atoms with Crippen molar-refractivity contribution in [1.29, 1.82) is 0 Å². The summed E-state index contributed by atoms with van der Waals surface area (Å²) in [6, 6.07) is 16.4. The van der Waals surface area contributed by atoms with Gasteiger partial charge in [-0.05, 0) is 48.2 Å². The van der Waals surface area contributed by atoms with E-state index < -0.39 is 0 Å². The van der Waals surface area contributed by atoms with Crippen molar-refractivity contribution in [1.82, 2.24) is 5.32 Å². The summed E-state index contributed by atoms with van der Waals surface area (Å²) in [5.41, 5.74) is 2.49. The molecule has 4 nitrogen and oxygen atoms in total. The molecule has 24 heavy (non-hydrogen) atoms. The summed E-state index contributed by atoms with van der Waals surface area (Å²) in [5.74, 6) is 1.79. The maximum absolute atomic E-state index is 5.78. The lowest BCUT2D eigenvalue weighted by atomic mass is 10.2. The van der Waals surface area contributed by atoms with E-state index in [9.17, 15) is 0 Å². The Morgan fingerprint density at radius 3 is 2.12 bits per heavy atom. The van der Waals surface area contributed by atoms with Crippen LogP contribution < -0.4 is 14.8 Å². The van der Waals surface area contributed by atoms with Crippen LogP contribution in [0.5, 0.6) is 11.5 Å². The molecule has 1 fully saturated rings. The van der Waals surface area contributed by atoms with E-state index in [0.717, 1.165) is 44.0 Å². The molecule has 0 radical (unpaired) electrons. The van der Waals surface area contributed by atoms with Crippen LogP contribution in [-0.2, 0) is 17.8 Å². The van der Waals surface area contributed by atoms with E-state index in [1.165, 1.54) is 11.1 Å². The van der Waals surface area contributed by atoms with E-state index in [1.54, 1.807) is 7.11 Å². The molecular weight excluding hydrogens is 302 g/mol. The Morgan fingerprint density at radius 1 is 0.958 bits per heavy atom. The second-order valence-electron chi connectivity index (χ2n) is 6.04. The molecule has 1 saturated heterocycles. The van der Waals surface area contributed by atoms with Crippen molar-refractivity contribution in [3.8, 4) is 11.5 Å². The number of benzene rings is 2. The molecule has 2 aromatic rings. The first-order chi connectivity index (χ1) is 11.8. The van der Waals surface area contributed by atoms with Gasteiger partial charge >= 0.3 is 0 Å². The van der Waals surface area contributed by atoms with Crippen LogP contribution in [0.1, 0.15) is 24.0 Å². The Balaban J connectivity index is 1.40. The minimum Gasteiger partial charge on any atom is -0.497 e. The molecule has 1 unspecified atom stereocenters. The third-order valence-electron chi connectivity index (χ3n) is 4.20. The van der Waals surface area contributed by atoms with Gasteiger partial charge in [0.2, 0.25) is 0 Å². The Hall–Kier alpha value is -2.04. The zero-order valence-corrected chi connectivity index (χ0v) is 14.2. The van der Waals surface area contributed by atoms with Crippen LogP contribution in [0, 0.1) is 0 Å². The van der Waals surface area contributed by atoms with Crippen LogP contribution in [0.25, 0.3) is 0 Å². The quantitative estimate of drug-likeness (QED) is 0.805. The number of nitrogens with one attached hydrogen (secondary N) is 1. The van der Waals surface area contributed by atoms with Gasteiger partial charge in [0.05, 0.1) is 13.2 Å². The van der Waals surface area contributed by atoms with Gasteiger partial charge in [-0.2, -0.15) is 0 Å². The molecular formula is C20H25NO3. The summed E-state index contributed by atoms with van der Waals surface area (Å²) in [4.78, 5) is 0. The largest absolute Gasteiger partial charge is 0.497 e. The summed E-state index contributed by atoms with van der Waals surface area (Å²) >= 11 is 0. The lowest BCUT2D eigenvalue weighted by molar-refractivity contribution is 0.0679. The first-order valence-electron chi connectivity index (χ1n) is 8.50. The molecule has 0 amide bonds. The molecule has 128 valence electrons. The van der Waals surface area contributed by atoms with Crippen LogP contribution in [-0.4, -0.2) is 26.4 Å². The van der Waals surface area contributed by atoms with E-state index in [1.807, 2.05) is 24.3 Å². The fourth-order valence-electron chi connectivity index (χ4n) is 2.76. The number of rotatable bonds is 8. The molecule has 1 aliphatic heterocycles. The van der Waals surface area contributed by atoms with Crippen molar-refractivity contribution in [2.24, 2.45) is 0 Å². The highest BCUT2D eigenvalue weighted by Crippen LogP contribution is 2.17. The molecule has 0 bridgehead atoms. The topological polar surface area (TPSA) is 39.7 Å². The minimum atomic E-state index is 0.260. The van der Waals surface area contributed by atoms with Crippen molar-refractivity contribution in [3.05, 3.63) is 59.7 Å². The Bertz CT molecular complexity index is 604. The second-order valence-corrected chi connectivity index (χ2v) is 6.04. The fourth-order valence-corrected chi connectivity index (χ4v) is 2.76. The average molecular weight is 327 g/mol. The van der Waals surface area contributed by atoms with Crippen LogP contribution >= 0.6 is 0 Å². The number of methoxy groups -OCH3 is 1. The normalized spacial score (nSPS) is 17.0. The summed E-state index contributed by atoms with van der Waals surface area (Å²) < 4.78 is 16.5. The van der Waals surface area contributed by atoms with Gasteiger partial charge in [-0.25, -0.2) is 0 Å². The van der Waals surface area contributed by atoms with Crippen LogP contribution in [0.15, 0.2) is 48.5 Å². The van der Waals surface area contributed by atoms with Gasteiger partial charge in [0.15, 0.2) is 0 Å². The molecule has 4 heteroatoms. The van der Waals surface area contributed by atoms with Gasteiger partial charge < -0.3 is 19.5 Å². The molecule has 3 rings (SSSR count). The summed E-state index contributed by atoms with van der Waals surface area (Å²) in [5, 5.41) is 3.45. The van der Waals surface area contributed by atoms with Crippen molar-refractivity contribution in [2.75, 3.05) is 20.3 Å². The first kappa shape index (κ1) is 16.8. The van der Waals surface area contributed by atoms with Gasteiger partial charge in [-0.3, -0.25) is 0 Å². The van der Waals surface area contributed by atoms with Crippen molar-refractivity contribution in [3.63, 3.8) is 0 Å². The van der Waals surface area contributed by atoms with E-state index >= 15 is 0 Å². The van der Waals surface area contributed by atoms with Crippen molar-refractivity contribution < 1.29 is 14.2 Å². The predicted molar refractivity (Wildman–Crippen MR) is 94.4 cm³/mol. The minimum absolute atomic E-state index is 0.260. The fraction of sp³-hybridized carbons (Fsp3) is 0.400. The number of hydrogen-bond acceptors (Lipinski definition) is 4. The highest BCUT2D eigenvalue weighted by molar-refractivity contribution is 5.28. The zero-order chi connectivity index (χ0) is 16.6. The standard InChI is InChI=1S/C20H25NO3/c1-22-18-8-4-16(5-9-18)13-21-14-17-6-10-19(11-7-17)24-15-20-3-2-12-23-20/h4-11,20-21H,2-3,12-15H2,1H3.